The van der Waals surface area contributed by atoms with E-state index in [0.717, 1.165) is 18.8 Å². The molecule has 0 radical (unpaired) electrons. The lowest BCUT2D eigenvalue weighted by Gasteiger charge is -2.03. The highest BCUT2D eigenvalue weighted by molar-refractivity contribution is 5.31. The molecule has 0 spiro atoms. The average Bonchev–Trinajstić information content (AvgIpc) is 2.54. The molecule has 1 aliphatic heterocycles. The van der Waals surface area contributed by atoms with Crippen molar-refractivity contribution in [2.24, 2.45) is 0 Å². The summed E-state index contributed by atoms with van der Waals surface area (Å²) in [6.07, 6.45) is 1.85. The number of rotatable bonds is 3. The molecule has 5 nitrogen and oxygen atoms in total. The van der Waals surface area contributed by atoms with Gasteiger partial charge in [-0.05, 0) is 7.05 Å². The predicted molar refractivity (Wildman–Crippen MR) is 52.8 cm³/mol. The van der Waals surface area contributed by atoms with Gasteiger partial charge >= 0.3 is 0 Å². The summed E-state index contributed by atoms with van der Waals surface area (Å²) in [5, 5.41) is 11.6. The van der Waals surface area contributed by atoms with Crippen molar-refractivity contribution in [3.8, 4) is 0 Å². The van der Waals surface area contributed by atoms with Gasteiger partial charge in [-0.15, -0.1) is 0 Å². The van der Waals surface area contributed by atoms with Gasteiger partial charge in [-0.1, -0.05) is 0 Å². The third-order valence-corrected chi connectivity index (χ3v) is 2.21. The normalized spacial score (nSPS) is 15.6. The van der Waals surface area contributed by atoms with E-state index < -0.39 is 0 Å². The van der Waals surface area contributed by atoms with E-state index in [9.17, 15) is 0 Å². The van der Waals surface area contributed by atoms with Crippen molar-refractivity contribution in [1.82, 2.24) is 14.9 Å². The Labute approximate surface area is 82.8 Å². The van der Waals surface area contributed by atoms with E-state index in [2.05, 4.69) is 27.2 Å². The molecule has 0 unspecified atom stereocenters. The van der Waals surface area contributed by atoms with Crippen LogP contribution in [-0.4, -0.2) is 40.2 Å². The minimum Gasteiger partial charge on any atom is -0.395 e. The Morgan fingerprint density at radius 3 is 3.21 bits per heavy atom. The molecular formula is C9H14N4O. The van der Waals surface area contributed by atoms with Crippen molar-refractivity contribution >= 4 is 5.95 Å². The summed E-state index contributed by atoms with van der Waals surface area (Å²) in [7, 11) is 2.06. The van der Waals surface area contributed by atoms with Crippen LogP contribution in [0, 0.1) is 0 Å². The quantitative estimate of drug-likeness (QED) is 0.699. The third kappa shape index (κ3) is 1.83. The number of hydrogen-bond acceptors (Lipinski definition) is 5. The van der Waals surface area contributed by atoms with Crippen LogP contribution in [0.5, 0.6) is 0 Å². The summed E-state index contributed by atoms with van der Waals surface area (Å²) >= 11 is 0. The summed E-state index contributed by atoms with van der Waals surface area (Å²) in [6, 6.07) is 0. The van der Waals surface area contributed by atoms with E-state index in [1.165, 1.54) is 5.56 Å². The molecule has 0 saturated carbocycles. The number of nitrogens with one attached hydrogen (secondary N) is 1. The summed E-state index contributed by atoms with van der Waals surface area (Å²) in [6.45, 7) is 2.40. The highest BCUT2D eigenvalue weighted by Crippen LogP contribution is 2.18. The van der Waals surface area contributed by atoms with E-state index in [0.29, 0.717) is 12.5 Å². The minimum absolute atomic E-state index is 0.0976. The first-order valence-corrected chi connectivity index (χ1v) is 4.67. The minimum atomic E-state index is 0.0976. The number of aromatic nitrogens is 2. The monoisotopic (exact) mass is 194 g/mol. The van der Waals surface area contributed by atoms with Crippen molar-refractivity contribution in [1.29, 1.82) is 0 Å². The van der Waals surface area contributed by atoms with Gasteiger partial charge in [0, 0.05) is 31.4 Å². The fourth-order valence-electron chi connectivity index (χ4n) is 1.57. The topological polar surface area (TPSA) is 61.3 Å². The summed E-state index contributed by atoms with van der Waals surface area (Å²) in [5.74, 6) is 0.605. The molecule has 5 heteroatoms. The standard InChI is InChI=1S/C9H14N4O/c1-13-5-7-4-11-9(10-2-3-14)12-8(7)6-13/h4,14H,2-3,5-6H2,1H3,(H,10,11,12). The molecule has 1 aromatic heterocycles. The van der Waals surface area contributed by atoms with Crippen molar-refractivity contribution in [3.05, 3.63) is 17.5 Å². The zero-order valence-electron chi connectivity index (χ0n) is 8.19. The Morgan fingerprint density at radius 2 is 2.43 bits per heavy atom. The smallest absolute Gasteiger partial charge is 0.222 e. The second-order valence-electron chi connectivity index (χ2n) is 3.49. The first-order valence-electron chi connectivity index (χ1n) is 4.67. The lowest BCUT2D eigenvalue weighted by atomic mass is 10.3. The zero-order chi connectivity index (χ0) is 9.97. The van der Waals surface area contributed by atoms with Crippen molar-refractivity contribution in [2.75, 3.05) is 25.5 Å². The number of aliphatic hydroxyl groups is 1. The first kappa shape index (κ1) is 9.36. The fraction of sp³-hybridized carbons (Fsp3) is 0.556. The van der Waals surface area contributed by atoms with Gasteiger partial charge in [0.1, 0.15) is 0 Å². The average molecular weight is 194 g/mol. The van der Waals surface area contributed by atoms with Gasteiger partial charge in [-0.2, -0.15) is 0 Å². The van der Waals surface area contributed by atoms with Gasteiger partial charge < -0.3 is 10.4 Å². The van der Waals surface area contributed by atoms with Crippen LogP contribution in [0.3, 0.4) is 0 Å². The van der Waals surface area contributed by atoms with Crippen LogP contribution in [0.2, 0.25) is 0 Å². The van der Waals surface area contributed by atoms with Gasteiger partial charge in [-0.3, -0.25) is 4.90 Å². The fourth-order valence-corrected chi connectivity index (χ4v) is 1.57. The molecule has 0 bridgehead atoms. The van der Waals surface area contributed by atoms with E-state index in [1.54, 1.807) is 0 Å². The van der Waals surface area contributed by atoms with Crippen molar-refractivity contribution in [2.45, 2.75) is 13.1 Å². The molecule has 2 N–H and O–H groups in total. The molecule has 1 aromatic rings. The Morgan fingerprint density at radius 1 is 1.57 bits per heavy atom. The van der Waals surface area contributed by atoms with Crippen LogP contribution in [0.1, 0.15) is 11.3 Å². The summed E-state index contributed by atoms with van der Waals surface area (Å²) in [4.78, 5) is 10.7. The van der Waals surface area contributed by atoms with E-state index in [-0.39, 0.29) is 6.61 Å². The molecule has 1 aliphatic rings. The largest absolute Gasteiger partial charge is 0.395 e. The van der Waals surface area contributed by atoms with E-state index in [4.69, 9.17) is 5.11 Å². The van der Waals surface area contributed by atoms with E-state index in [1.807, 2.05) is 6.20 Å². The molecule has 2 rings (SSSR count). The maximum atomic E-state index is 8.64. The summed E-state index contributed by atoms with van der Waals surface area (Å²) in [5.41, 5.74) is 2.28. The molecule has 14 heavy (non-hydrogen) atoms. The second-order valence-corrected chi connectivity index (χ2v) is 3.49. The van der Waals surface area contributed by atoms with Crippen molar-refractivity contribution < 1.29 is 5.11 Å². The number of anilines is 1. The maximum absolute atomic E-state index is 8.64. The van der Waals surface area contributed by atoms with Gasteiger partial charge in [0.2, 0.25) is 5.95 Å². The third-order valence-electron chi connectivity index (χ3n) is 2.21. The Balaban J connectivity index is 2.12. The van der Waals surface area contributed by atoms with Crippen LogP contribution in [0.15, 0.2) is 6.20 Å². The number of nitrogens with zero attached hydrogens (tertiary/aromatic N) is 3. The van der Waals surface area contributed by atoms with Crippen LogP contribution >= 0.6 is 0 Å². The first-order chi connectivity index (χ1) is 6.79. The lowest BCUT2D eigenvalue weighted by Crippen LogP contribution is -2.10. The molecule has 0 fully saturated rings. The summed E-state index contributed by atoms with van der Waals surface area (Å²) < 4.78 is 0. The van der Waals surface area contributed by atoms with Crippen LogP contribution in [0.25, 0.3) is 0 Å². The van der Waals surface area contributed by atoms with Crippen LogP contribution in [0.4, 0.5) is 5.95 Å². The van der Waals surface area contributed by atoms with Crippen molar-refractivity contribution in [3.63, 3.8) is 0 Å². The Hall–Kier alpha value is -1.20. The number of hydrogen-bond donors (Lipinski definition) is 2. The molecule has 0 amide bonds. The highest BCUT2D eigenvalue weighted by Gasteiger charge is 2.17. The number of aliphatic hydroxyl groups excluding tert-OH is 1. The Kier molecular flexibility index (Phi) is 2.60. The van der Waals surface area contributed by atoms with Gasteiger partial charge in [0.15, 0.2) is 0 Å². The molecule has 76 valence electrons. The van der Waals surface area contributed by atoms with Crippen LogP contribution < -0.4 is 5.32 Å². The SMILES string of the molecule is CN1Cc2cnc(NCCO)nc2C1. The Bertz CT molecular complexity index is 329. The lowest BCUT2D eigenvalue weighted by molar-refractivity contribution is 0.310. The van der Waals surface area contributed by atoms with Gasteiger partial charge in [0.05, 0.1) is 12.3 Å². The van der Waals surface area contributed by atoms with Gasteiger partial charge in [-0.25, -0.2) is 9.97 Å². The second kappa shape index (κ2) is 3.89. The molecule has 0 saturated heterocycles. The predicted octanol–water partition coefficient (Wildman–Crippen LogP) is -0.174. The number of fused-ring (bicyclic) bond motifs is 1. The molecular weight excluding hydrogens is 180 g/mol. The highest BCUT2D eigenvalue weighted by atomic mass is 16.3. The molecule has 0 atom stereocenters. The maximum Gasteiger partial charge on any atom is 0.222 e. The van der Waals surface area contributed by atoms with Crippen LogP contribution in [-0.2, 0) is 13.1 Å². The van der Waals surface area contributed by atoms with E-state index >= 15 is 0 Å². The zero-order valence-corrected chi connectivity index (χ0v) is 8.19. The molecule has 0 aromatic carbocycles. The molecule has 0 aliphatic carbocycles. The van der Waals surface area contributed by atoms with Gasteiger partial charge in [0.25, 0.3) is 0 Å². The molecule has 2 heterocycles.